The lowest BCUT2D eigenvalue weighted by molar-refractivity contribution is -0.120. The van der Waals surface area contributed by atoms with Crippen molar-refractivity contribution in [2.45, 2.75) is 72.1 Å². The Hall–Kier alpha value is -4.38. The molecule has 0 aromatic heterocycles. The molecule has 2 aromatic rings. The van der Waals surface area contributed by atoms with Crippen LogP contribution in [0, 0.1) is 13.8 Å². The number of allylic oxidation sites excluding steroid dienone is 12. The molecule has 0 spiro atoms. The van der Waals surface area contributed by atoms with E-state index in [9.17, 15) is 9.59 Å². The largest absolute Gasteiger partial charge is 0.355 e. The number of benzene rings is 2. The lowest BCUT2D eigenvalue weighted by Crippen LogP contribution is -2.34. The average Bonchev–Trinajstić information content (AvgIpc) is 3.03. The first-order chi connectivity index (χ1) is 21.5. The molecule has 0 bridgehead atoms. The number of anilines is 2. The molecular formula is C39H51N3O2. The maximum Gasteiger partial charge on any atom is 0.253 e. The van der Waals surface area contributed by atoms with Gasteiger partial charge in [0, 0.05) is 25.2 Å². The van der Waals surface area contributed by atoms with E-state index in [2.05, 4.69) is 110 Å². The smallest absolute Gasteiger partial charge is 0.253 e. The minimum atomic E-state index is -0.175. The van der Waals surface area contributed by atoms with Gasteiger partial charge in [-0.2, -0.15) is 0 Å². The summed E-state index contributed by atoms with van der Waals surface area (Å²) in [7, 11) is 0. The third kappa shape index (κ3) is 15.7. The van der Waals surface area contributed by atoms with Gasteiger partial charge in [-0.15, -0.1) is 0 Å². The Morgan fingerprint density at radius 1 is 0.614 bits per heavy atom. The van der Waals surface area contributed by atoms with Crippen LogP contribution in [-0.4, -0.2) is 24.9 Å². The Kier molecular flexibility index (Phi) is 18.8. The van der Waals surface area contributed by atoms with Crippen LogP contribution >= 0.6 is 0 Å². The van der Waals surface area contributed by atoms with Gasteiger partial charge in [0.15, 0.2) is 0 Å². The van der Waals surface area contributed by atoms with E-state index in [1.54, 1.807) is 6.07 Å². The fraction of sp³-hybridized carbons (Fsp3) is 0.333. The summed E-state index contributed by atoms with van der Waals surface area (Å²) in [6.45, 7) is 7.03. The van der Waals surface area contributed by atoms with Crippen LogP contribution in [0.2, 0.25) is 0 Å². The van der Waals surface area contributed by atoms with Crippen LogP contribution in [0.5, 0.6) is 0 Å². The zero-order chi connectivity index (χ0) is 31.7. The third-order valence-electron chi connectivity index (χ3n) is 6.91. The Morgan fingerprint density at radius 2 is 1.14 bits per heavy atom. The fourth-order valence-corrected chi connectivity index (χ4v) is 4.24. The number of hydrogen-bond acceptors (Lipinski definition) is 3. The number of carbonyl (C=O) groups is 2. The second-order valence-electron chi connectivity index (χ2n) is 10.5. The molecule has 0 saturated heterocycles. The van der Waals surface area contributed by atoms with E-state index < -0.39 is 0 Å². The summed E-state index contributed by atoms with van der Waals surface area (Å²) in [5.74, 6) is -0.193. The summed E-state index contributed by atoms with van der Waals surface area (Å²) in [5.41, 5.74) is 4.63. The van der Waals surface area contributed by atoms with Crippen LogP contribution in [0.4, 0.5) is 11.4 Å². The molecular weight excluding hydrogens is 542 g/mol. The maximum absolute atomic E-state index is 12.8. The molecule has 0 aliphatic heterocycles. The maximum atomic E-state index is 12.8. The molecule has 0 saturated carbocycles. The Labute approximate surface area is 265 Å². The highest BCUT2D eigenvalue weighted by Gasteiger charge is 2.12. The molecule has 0 aliphatic carbocycles. The van der Waals surface area contributed by atoms with Crippen molar-refractivity contribution < 1.29 is 9.59 Å². The van der Waals surface area contributed by atoms with Crippen LogP contribution in [0.3, 0.4) is 0 Å². The van der Waals surface area contributed by atoms with Crippen molar-refractivity contribution in [1.29, 1.82) is 0 Å². The first-order valence-electron chi connectivity index (χ1n) is 15.9. The molecule has 0 heterocycles. The summed E-state index contributed by atoms with van der Waals surface area (Å²) in [4.78, 5) is 25.0. The molecule has 2 aromatic carbocycles. The van der Waals surface area contributed by atoms with Gasteiger partial charge in [0.05, 0.1) is 11.3 Å². The summed E-state index contributed by atoms with van der Waals surface area (Å²) >= 11 is 0. The molecule has 5 heteroatoms. The lowest BCUT2D eigenvalue weighted by atomic mass is 10.1. The average molecular weight is 594 g/mol. The van der Waals surface area contributed by atoms with E-state index in [4.69, 9.17) is 0 Å². The van der Waals surface area contributed by atoms with Crippen LogP contribution in [0.1, 0.15) is 79.8 Å². The fourth-order valence-electron chi connectivity index (χ4n) is 4.24. The zero-order valence-electron chi connectivity index (χ0n) is 26.9. The minimum Gasteiger partial charge on any atom is -0.355 e. The molecule has 44 heavy (non-hydrogen) atoms. The number of hydrogen-bond donors (Lipinski definition) is 3. The first-order valence-corrected chi connectivity index (χ1v) is 15.9. The molecule has 0 aliphatic rings. The predicted octanol–water partition coefficient (Wildman–Crippen LogP) is 9.37. The van der Waals surface area contributed by atoms with E-state index in [-0.39, 0.29) is 11.8 Å². The molecule has 0 unspecified atom stereocenters. The van der Waals surface area contributed by atoms with E-state index in [1.165, 1.54) is 5.56 Å². The molecule has 0 radical (unpaired) electrons. The highest BCUT2D eigenvalue weighted by atomic mass is 16.2. The standard InChI is InChI=1S/C39H51N3O2/c1-4-5-6-7-8-9-10-11-12-13-14-15-16-17-18-19-20-21-22-30-38(43)40-31-32-41-39(44)35-27-23-24-28-37(35)42-36-29-25-26-33(2)34(36)3/h5-6,8-9,11-12,14-15,17-18,20-21,23-29,42H,4,7,10,13,16,19,22,30-32H2,1-3H3,(H,40,43)(H,41,44)/b6-5-,9-8-,12-11-,15-14-,18-17-,21-20-. The minimum absolute atomic E-state index is 0.0178. The van der Waals surface area contributed by atoms with Crippen LogP contribution < -0.4 is 16.0 Å². The van der Waals surface area contributed by atoms with Gasteiger partial charge in [0.1, 0.15) is 0 Å². The van der Waals surface area contributed by atoms with E-state index in [0.717, 1.165) is 55.5 Å². The van der Waals surface area contributed by atoms with Crippen LogP contribution in [0.25, 0.3) is 0 Å². The first kappa shape index (κ1) is 35.8. The number of rotatable bonds is 20. The molecule has 0 atom stereocenters. The Balaban J connectivity index is 1.54. The predicted molar refractivity (Wildman–Crippen MR) is 188 cm³/mol. The van der Waals surface area contributed by atoms with Gasteiger partial charge >= 0.3 is 0 Å². The summed E-state index contributed by atoms with van der Waals surface area (Å²) in [6, 6.07) is 13.5. The van der Waals surface area contributed by atoms with Crippen molar-refractivity contribution in [3.05, 3.63) is 132 Å². The second-order valence-corrected chi connectivity index (χ2v) is 10.5. The topological polar surface area (TPSA) is 70.2 Å². The van der Waals surface area contributed by atoms with E-state index in [0.29, 0.717) is 31.5 Å². The number of para-hydroxylation sites is 1. The third-order valence-corrected chi connectivity index (χ3v) is 6.91. The Morgan fingerprint density at radius 3 is 1.75 bits per heavy atom. The number of amides is 2. The van der Waals surface area contributed by atoms with Crippen molar-refractivity contribution in [2.75, 3.05) is 18.4 Å². The van der Waals surface area contributed by atoms with Gasteiger partial charge < -0.3 is 16.0 Å². The summed E-state index contributed by atoms with van der Waals surface area (Å²) in [5, 5.41) is 9.18. The second kappa shape index (κ2) is 23.1. The van der Waals surface area contributed by atoms with Gasteiger partial charge in [0.25, 0.3) is 5.91 Å². The van der Waals surface area contributed by atoms with Crippen LogP contribution in [0.15, 0.2) is 115 Å². The highest BCUT2D eigenvalue weighted by Crippen LogP contribution is 2.25. The van der Waals surface area contributed by atoms with Crippen molar-refractivity contribution in [3.8, 4) is 0 Å². The highest BCUT2D eigenvalue weighted by molar-refractivity contribution is 6.00. The normalized spacial score (nSPS) is 12.1. The molecule has 2 amide bonds. The van der Waals surface area contributed by atoms with E-state index in [1.807, 2.05) is 36.4 Å². The van der Waals surface area contributed by atoms with Gasteiger partial charge in [0.2, 0.25) is 5.91 Å². The molecule has 3 N–H and O–H groups in total. The van der Waals surface area contributed by atoms with Crippen LogP contribution in [-0.2, 0) is 4.79 Å². The van der Waals surface area contributed by atoms with Gasteiger partial charge in [-0.1, -0.05) is 104 Å². The van der Waals surface area contributed by atoms with Crippen molar-refractivity contribution >= 4 is 23.2 Å². The van der Waals surface area contributed by atoms with E-state index >= 15 is 0 Å². The van der Waals surface area contributed by atoms with Gasteiger partial charge in [-0.05, 0) is 88.1 Å². The van der Waals surface area contributed by atoms with Crippen molar-refractivity contribution in [1.82, 2.24) is 10.6 Å². The van der Waals surface area contributed by atoms with Crippen molar-refractivity contribution in [3.63, 3.8) is 0 Å². The molecule has 5 nitrogen and oxygen atoms in total. The number of nitrogens with one attached hydrogen (secondary N) is 3. The molecule has 234 valence electrons. The quantitative estimate of drug-likeness (QED) is 0.106. The lowest BCUT2D eigenvalue weighted by Gasteiger charge is -2.15. The van der Waals surface area contributed by atoms with Gasteiger partial charge in [-0.25, -0.2) is 0 Å². The van der Waals surface area contributed by atoms with Gasteiger partial charge in [-0.3, -0.25) is 9.59 Å². The molecule has 2 rings (SSSR count). The summed E-state index contributed by atoms with van der Waals surface area (Å²) < 4.78 is 0. The van der Waals surface area contributed by atoms with Crippen molar-refractivity contribution in [2.24, 2.45) is 0 Å². The Bertz CT molecular complexity index is 1310. The zero-order valence-corrected chi connectivity index (χ0v) is 26.9. The molecule has 0 fully saturated rings. The SMILES string of the molecule is CC/C=C\C/C=C\C/C=C\C/C=C\C/C=C\C/C=C\CCC(=O)NCCNC(=O)c1ccccc1Nc1cccc(C)c1C. The number of carbonyl (C=O) groups excluding carboxylic acids is 2. The monoisotopic (exact) mass is 593 g/mol. The number of aryl methyl sites for hydroxylation is 1. The summed E-state index contributed by atoms with van der Waals surface area (Å²) in [6.07, 6.45) is 33.0.